The Morgan fingerprint density at radius 2 is 2.27 bits per heavy atom. The fourth-order valence-electron chi connectivity index (χ4n) is 1.06. The molecule has 0 aliphatic carbocycles. The third-order valence-electron chi connectivity index (χ3n) is 1.66. The number of ether oxygens (including phenoxy) is 1. The van der Waals surface area contributed by atoms with Crippen LogP contribution in [0.2, 0.25) is 0 Å². The smallest absolute Gasteiger partial charge is 0.309 e. The van der Waals surface area contributed by atoms with Gasteiger partial charge < -0.3 is 9.84 Å². The first kappa shape index (κ1) is 11.4. The molecule has 0 unspecified atom stereocenters. The lowest BCUT2D eigenvalue weighted by molar-refractivity contribution is -0.136. The monoisotopic (exact) mass is 217 g/mol. The maximum absolute atomic E-state index is 12.3. The fraction of sp³-hybridized carbons (Fsp3) is 0.333. The lowest BCUT2D eigenvalue weighted by atomic mass is 10.2. The normalized spacial score (nSPS) is 10.4. The summed E-state index contributed by atoms with van der Waals surface area (Å²) in [6.45, 7) is 0. The SMILES string of the molecule is COc1cc(CC(=O)O)nc(C(F)F)c1. The second-order valence-corrected chi connectivity index (χ2v) is 2.79. The van der Waals surface area contributed by atoms with Crippen LogP contribution < -0.4 is 4.74 Å². The standard InChI is InChI=1S/C9H9F2NO3/c1-15-6-2-5(3-8(13)14)12-7(4-6)9(10)11/h2,4,9H,3H2,1H3,(H,13,14). The highest BCUT2D eigenvalue weighted by atomic mass is 19.3. The molecule has 0 bridgehead atoms. The van der Waals surface area contributed by atoms with E-state index in [4.69, 9.17) is 9.84 Å². The van der Waals surface area contributed by atoms with Gasteiger partial charge in [-0.1, -0.05) is 0 Å². The minimum Gasteiger partial charge on any atom is -0.497 e. The number of hydrogen-bond acceptors (Lipinski definition) is 3. The van der Waals surface area contributed by atoms with Crippen molar-refractivity contribution in [1.82, 2.24) is 4.98 Å². The first-order valence-electron chi connectivity index (χ1n) is 4.07. The number of alkyl halides is 2. The molecule has 1 aromatic rings. The van der Waals surface area contributed by atoms with Crippen molar-refractivity contribution in [3.63, 3.8) is 0 Å². The van der Waals surface area contributed by atoms with Gasteiger partial charge in [0.25, 0.3) is 6.43 Å². The zero-order valence-electron chi connectivity index (χ0n) is 7.91. The van der Waals surface area contributed by atoms with Gasteiger partial charge in [0.05, 0.1) is 19.2 Å². The molecule has 0 saturated heterocycles. The van der Waals surface area contributed by atoms with Crippen LogP contribution in [0.4, 0.5) is 8.78 Å². The molecule has 0 radical (unpaired) electrons. The number of pyridine rings is 1. The molecule has 0 aliphatic rings. The Kier molecular flexibility index (Phi) is 3.54. The van der Waals surface area contributed by atoms with Gasteiger partial charge in [-0.15, -0.1) is 0 Å². The fourth-order valence-corrected chi connectivity index (χ4v) is 1.06. The summed E-state index contributed by atoms with van der Waals surface area (Å²) in [5.41, 5.74) is -0.428. The van der Waals surface area contributed by atoms with Crippen molar-refractivity contribution < 1.29 is 23.4 Å². The molecule has 82 valence electrons. The first-order chi connectivity index (χ1) is 7.02. The lowest BCUT2D eigenvalue weighted by Gasteiger charge is -2.06. The number of aromatic nitrogens is 1. The Morgan fingerprint density at radius 3 is 2.73 bits per heavy atom. The Hall–Kier alpha value is -1.72. The zero-order valence-corrected chi connectivity index (χ0v) is 7.91. The number of nitrogens with zero attached hydrogens (tertiary/aromatic N) is 1. The number of rotatable bonds is 4. The van der Waals surface area contributed by atoms with Crippen LogP contribution in [0.3, 0.4) is 0 Å². The molecule has 6 heteroatoms. The lowest BCUT2D eigenvalue weighted by Crippen LogP contribution is -2.05. The molecule has 1 N–H and O–H groups in total. The molecular weight excluding hydrogens is 208 g/mol. The predicted octanol–water partition coefficient (Wildman–Crippen LogP) is 1.65. The number of methoxy groups -OCH3 is 1. The summed E-state index contributed by atoms with van der Waals surface area (Å²) in [4.78, 5) is 13.9. The number of hydrogen-bond donors (Lipinski definition) is 1. The number of carbonyl (C=O) groups is 1. The number of aliphatic carboxylic acids is 1. The maximum atomic E-state index is 12.3. The molecule has 0 saturated carbocycles. The summed E-state index contributed by atoms with van der Waals surface area (Å²) in [6.07, 6.45) is -3.15. The Labute approximate surface area is 84.5 Å². The van der Waals surface area contributed by atoms with Crippen LogP contribution in [0, 0.1) is 0 Å². The van der Waals surface area contributed by atoms with Crippen LogP contribution in [-0.2, 0) is 11.2 Å². The van der Waals surface area contributed by atoms with Gasteiger partial charge in [-0.2, -0.15) is 0 Å². The average Bonchev–Trinajstić information content (AvgIpc) is 2.16. The van der Waals surface area contributed by atoms with E-state index in [1.807, 2.05) is 0 Å². The summed E-state index contributed by atoms with van der Waals surface area (Å²) in [7, 11) is 1.31. The highest BCUT2D eigenvalue weighted by Gasteiger charge is 2.13. The van der Waals surface area contributed by atoms with Crippen LogP contribution >= 0.6 is 0 Å². The topological polar surface area (TPSA) is 59.4 Å². The van der Waals surface area contributed by atoms with Gasteiger partial charge >= 0.3 is 5.97 Å². The van der Waals surface area contributed by atoms with Crippen molar-refractivity contribution in [2.24, 2.45) is 0 Å². The molecule has 1 heterocycles. The first-order valence-corrected chi connectivity index (χ1v) is 4.07. The van der Waals surface area contributed by atoms with Crippen LogP contribution in [0.25, 0.3) is 0 Å². The van der Waals surface area contributed by atoms with Gasteiger partial charge in [-0.3, -0.25) is 9.78 Å². The third kappa shape index (κ3) is 3.16. The van der Waals surface area contributed by atoms with Crippen LogP contribution in [-0.4, -0.2) is 23.2 Å². The molecule has 0 aliphatic heterocycles. The molecule has 0 atom stereocenters. The number of halogens is 2. The van der Waals surface area contributed by atoms with Gasteiger partial charge in [0.15, 0.2) is 0 Å². The van der Waals surface area contributed by atoms with Gasteiger partial charge in [0, 0.05) is 12.1 Å². The van der Waals surface area contributed by atoms with Crippen molar-refractivity contribution in [3.8, 4) is 5.75 Å². The van der Waals surface area contributed by atoms with Gasteiger partial charge in [0.2, 0.25) is 0 Å². The van der Waals surface area contributed by atoms with Crippen molar-refractivity contribution in [3.05, 3.63) is 23.5 Å². The summed E-state index contributed by atoms with van der Waals surface area (Å²) < 4.78 is 29.4. The van der Waals surface area contributed by atoms with Gasteiger partial charge in [-0.25, -0.2) is 8.78 Å². The molecule has 0 fully saturated rings. The highest BCUT2D eigenvalue weighted by molar-refractivity contribution is 5.69. The molecule has 0 amide bonds. The highest BCUT2D eigenvalue weighted by Crippen LogP contribution is 2.22. The van der Waals surface area contributed by atoms with E-state index in [2.05, 4.69) is 4.98 Å². The summed E-state index contributed by atoms with van der Waals surface area (Å²) in [6, 6.07) is 2.40. The average molecular weight is 217 g/mol. The van der Waals surface area contributed by atoms with Crippen molar-refractivity contribution >= 4 is 5.97 Å². The molecule has 1 rings (SSSR count). The molecule has 1 aromatic heterocycles. The van der Waals surface area contributed by atoms with Crippen molar-refractivity contribution in [2.45, 2.75) is 12.8 Å². The van der Waals surface area contributed by atoms with Crippen LogP contribution in [0.15, 0.2) is 12.1 Å². The van der Waals surface area contributed by atoms with E-state index in [1.165, 1.54) is 13.2 Å². The summed E-state index contributed by atoms with van der Waals surface area (Å²) in [5, 5.41) is 8.49. The number of carboxylic acid groups (broad SMARTS) is 1. The maximum Gasteiger partial charge on any atom is 0.309 e. The molecular formula is C9H9F2NO3. The van der Waals surface area contributed by atoms with Crippen molar-refractivity contribution in [2.75, 3.05) is 7.11 Å². The minimum atomic E-state index is -2.74. The van der Waals surface area contributed by atoms with Crippen molar-refractivity contribution in [1.29, 1.82) is 0 Å². The molecule has 4 nitrogen and oxygen atoms in total. The van der Waals surface area contributed by atoms with E-state index < -0.39 is 24.5 Å². The largest absolute Gasteiger partial charge is 0.497 e. The van der Waals surface area contributed by atoms with E-state index >= 15 is 0 Å². The predicted molar refractivity (Wildman–Crippen MR) is 47.1 cm³/mol. The van der Waals surface area contributed by atoms with E-state index in [0.29, 0.717) is 0 Å². The second-order valence-electron chi connectivity index (χ2n) is 2.79. The molecule has 15 heavy (non-hydrogen) atoms. The van der Waals surface area contributed by atoms with Crippen LogP contribution in [0.1, 0.15) is 17.8 Å². The van der Waals surface area contributed by atoms with E-state index in [0.717, 1.165) is 6.07 Å². The Bertz CT molecular complexity index is 368. The third-order valence-corrected chi connectivity index (χ3v) is 1.66. The Balaban J connectivity index is 3.05. The minimum absolute atomic E-state index is 0.0529. The number of carboxylic acids is 1. The molecule has 0 aromatic carbocycles. The van der Waals surface area contributed by atoms with Crippen LogP contribution in [0.5, 0.6) is 5.75 Å². The molecule has 0 spiro atoms. The zero-order chi connectivity index (χ0) is 11.4. The Morgan fingerprint density at radius 1 is 1.60 bits per heavy atom. The summed E-state index contributed by atoms with van der Waals surface area (Å²) >= 11 is 0. The quantitative estimate of drug-likeness (QED) is 0.833. The second kappa shape index (κ2) is 4.68. The van der Waals surface area contributed by atoms with Gasteiger partial charge in [0.1, 0.15) is 11.4 Å². The van der Waals surface area contributed by atoms with Gasteiger partial charge in [-0.05, 0) is 0 Å². The van der Waals surface area contributed by atoms with E-state index in [-0.39, 0.29) is 11.4 Å². The summed E-state index contributed by atoms with van der Waals surface area (Å²) in [5.74, 6) is -0.951. The van der Waals surface area contributed by atoms with E-state index in [9.17, 15) is 13.6 Å². The van der Waals surface area contributed by atoms with E-state index in [1.54, 1.807) is 0 Å².